The van der Waals surface area contributed by atoms with E-state index in [4.69, 9.17) is 5.11 Å². The van der Waals surface area contributed by atoms with Crippen molar-refractivity contribution in [3.05, 3.63) is 40.5 Å². The number of rotatable bonds is 1. The smallest absolute Gasteiger partial charge is 0.382 e. The lowest BCUT2D eigenvalue weighted by molar-refractivity contribution is -0.130. The zero-order valence-corrected chi connectivity index (χ0v) is 10.8. The predicted octanol–water partition coefficient (Wildman–Crippen LogP) is 2.86. The molecule has 0 aliphatic heterocycles. The Bertz CT molecular complexity index is 642. The number of hydrogen-bond donors (Lipinski definition) is 1. The van der Waals surface area contributed by atoms with Gasteiger partial charge >= 0.3 is 5.97 Å². The van der Waals surface area contributed by atoms with Crippen LogP contribution in [0.3, 0.4) is 0 Å². The summed E-state index contributed by atoms with van der Waals surface area (Å²) in [4.78, 5) is 16.5. The van der Waals surface area contributed by atoms with Crippen molar-refractivity contribution in [1.29, 1.82) is 0 Å². The van der Waals surface area contributed by atoms with Gasteiger partial charge in [0.1, 0.15) is 0 Å². The largest absolute Gasteiger partial charge is 0.472 e. The summed E-state index contributed by atoms with van der Waals surface area (Å²) in [6.45, 7) is 3.91. The van der Waals surface area contributed by atoms with Gasteiger partial charge in [-0.1, -0.05) is 0 Å². The Labute approximate surface area is 109 Å². The van der Waals surface area contributed by atoms with Crippen LogP contribution in [-0.2, 0) is 4.79 Å². The summed E-state index contributed by atoms with van der Waals surface area (Å²) in [7, 11) is 0. The van der Waals surface area contributed by atoms with E-state index in [-0.39, 0.29) is 0 Å². The maximum absolute atomic E-state index is 10.4. The van der Waals surface area contributed by atoms with Crippen LogP contribution in [0.2, 0.25) is 0 Å². The van der Waals surface area contributed by atoms with E-state index in [1.807, 2.05) is 38.1 Å². The molecule has 18 heavy (non-hydrogen) atoms. The highest BCUT2D eigenvalue weighted by Crippen LogP contribution is 2.28. The summed E-state index contributed by atoms with van der Waals surface area (Å²) in [6, 6.07) is 7.80. The van der Waals surface area contributed by atoms with Crippen LogP contribution < -0.4 is 0 Å². The zero-order valence-electron chi connectivity index (χ0n) is 10.0. The summed E-state index contributed by atoms with van der Waals surface area (Å²) < 4.78 is 0. The normalized spacial score (nSPS) is 9.67. The number of nitrogens with zero attached hydrogens (tertiary/aromatic N) is 1. The molecule has 0 unspecified atom stereocenters. The summed E-state index contributed by atoms with van der Waals surface area (Å²) in [5, 5.41) is 8.49. The number of hydrogen-bond acceptors (Lipinski definition) is 3. The van der Waals surface area contributed by atoms with Crippen molar-refractivity contribution >= 4 is 17.3 Å². The Morgan fingerprint density at radius 1 is 1.28 bits per heavy atom. The Balaban J connectivity index is 2.35. The molecule has 2 heterocycles. The van der Waals surface area contributed by atoms with E-state index >= 15 is 0 Å². The molecule has 0 radical (unpaired) electrons. The molecule has 0 aromatic carbocycles. The Kier molecular flexibility index (Phi) is 3.45. The van der Waals surface area contributed by atoms with Gasteiger partial charge in [-0.15, -0.1) is 11.3 Å². The van der Waals surface area contributed by atoms with E-state index in [1.54, 1.807) is 0 Å². The summed E-state index contributed by atoms with van der Waals surface area (Å²) in [6.07, 6.45) is 0. The van der Waals surface area contributed by atoms with E-state index in [1.165, 1.54) is 11.3 Å². The van der Waals surface area contributed by atoms with E-state index in [9.17, 15) is 4.79 Å². The second-order valence-corrected chi connectivity index (χ2v) is 4.94. The topological polar surface area (TPSA) is 50.2 Å². The van der Waals surface area contributed by atoms with Crippen LogP contribution in [0, 0.1) is 25.7 Å². The van der Waals surface area contributed by atoms with Gasteiger partial charge in [-0.3, -0.25) is 4.98 Å². The third-order valence-electron chi connectivity index (χ3n) is 2.26. The van der Waals surface area contributed by atoms with E-state index in [0.29, 0.717) is 0 Å². The van der Waals surface area contributed by atoms with Crippen LogP contribution in [0.5, 0.6) is 0 Å². The molecule has 0 fully saturated rings. The molecule has 0 amide bonds. The number of aromatic nitrogens is 1. The fraction of sp³-hybridized carbons (Fsp3) is 0.143. The highest BCUT2D eigenvalue weighted by Gasteiger charge is 2.03. The van der Waals surface area contributed by atoms with Crippen molar-refractivity contribution in [2.75, 3.05) is 0 Å². The maximum atomic E-state index is 10.4. The van der Waals surface area contributed by atoms with Crippen molar-refractivity contribution in [2.24, 2.45) is 0 Å². The van der Waals surface area contributed by atoms with Crippen molar-refractivity contribution in [3.8, 4) is 22.3 Å². The molecule has 0 saturated heterocycles. The highest BCUT2D eigenvalue weighted by atomic mass is 32.1. The van der Waals surface area contributed by atoms with Crippen LogP contribution in [-0.4, -0.2) is 16.1 Å². The average molecular weight is 257 g/mol. The van der Waals surface area contributed by atoms with Crippen molar-refractivity contribution in [1.82, 2.24) is 4.98 Å². The fourth-order valence-corrected chi connectivity index (χ4v) is 2.50. The molecule has 0 bridgehead atoms. The SMILES string of the molecule is Cc1cc(-c2ccc(C#CC(=O)O)s2)cc(C)n1. The molecule has 0 aliphatic carbocycles. The molecule has 2 aromatic rings. The Hall–Kier alpha value is -2.12. The number of aliphatic carboxylic acids is 1. The van der Waals surface area contributed by atoms with Gasteiger partial charge in [0.15, 0.2) is 0 Å². The average Bonchev–Trinajstić information content (AvgIpc) is 2.73. The molecule has 90 valence electrons. The minimum absolute atomic E-state index is 0.750. The van der Waals surface area contributed by atoms with E-state index < -0.39 is 5.97 Å². The number of pyridine rings is 1. The molecule has 4 heteroatoms. The van der Waals surface area contributed by atoms with Crippen LogP contribution in [0.15, 0.2) is 24.3 Å². The van der Waals surface area contributed by atoms with Crippen LogP contribution in [0.1, 0.15) is 16.3 Å². The lowest BCUT2D eigenvalue weighted by Crippen LogP contribution is -1.86. The van der Waals surface area contributed by atoms with E-state index in [2.05, 4.69) is 16.8 Å². The fourth-order valence-electron chi connectivity index (χ4n) is 1.65. The van der Waals surface area contributed by atoms with Crippen LogP contribution in [0.25, 0.3) is 10.4 Å². The number of carbonyl (C=O) groups is 1. The standard InChI is InChI=1S/C14H11NO2S/c1-9-7-11(8-10(2)15-9)13-5-3-12(18-13)4-6-14(16)17/h3,5,7-8H,1-2H3,(H,16,17). The molecular formula is C14H11NO2S. The second kappa shape index (κ2) is 5.03. The summed E-state index contributed by atoms with van der Waals surface area (Å²) >= 11 is 1.48. The number of carboxylic acids is 1. The van der Waals surface area contributed by atoms with Crippen molar-refractivity contribution < 1.29 is 9.90 Å². The monoisotopic (exact) mass is 257 g/mol. The third-order valence-corrected chi connectivity index (χ3v) is 3.31. The highest BCUT2D eigenvalue weighted by molar-refractivity contribution is 7.16. The molecule has 1 N–H and O–H groups in total. The molecule has 0 spiro atoms. The Morgan fingerprint density at radius 2 is 1.94 bits per heavy atom. The molecule has 2 rings (SSSR count). The molecule has 2 aromatic heterocycles. The van der Waals surface area contributed by atoms with Gasteiger partial charge in [0, 0.05) is 22.2 Å². The second-order valence-electron chi connectivity index (χ2n) is 3.86. The first-order chi connectivity index (χ1) is 8.54. The van der Waals surface area contributed by atoms with E-state index in [0.717, 1.165) is 26.7 Å². The van der Waals surface area contributed by atoms with Gasteiger partial charge in [0.05, 0.1) is 4.88 Å². The molecule has 3 nitrogen and oxygen atoms in total. The Morgan fingerprint density at radius 3 is 2.56 bits per heavy atom. The maximum Gasteiger partial charge on any atom is 0.382 e. The predicted molar refractivity (Wildman–Crippen MR) is 71.5 cm³/mol. The third kappa shape index (κ3) is 2.96. The molecule has 0 atom stereocenters. The first kappa shape index (κ1) is 12.3. The molecule has 0 saturated carbocycles. The quantitative estimate of drug-likeness (QED) is 0.799. The summed E-state index contributed by atoms with van der Waals surface area (Å²) in [5.74, 6) is 3.62. The first-order valence-electron chi connectivity index (χ1n) is 5.35. The van der Waals surface area contributed by atoms with Gasteiger partial charge in [0.25, 0.3) is 0 Å². The van der Waals surface area contributed by atoms with Gasteiger partial charge in [0.2, 0.25) is 0 Å². The minimum Gasteiger partial charge on any atom is -0.472 e. The number of aryl methyl sites for hydroxylation is 2. The minimum atomic E-state index is -1.11. The van der Waals surface area contributed by atoms with Crippen molar-refractivity contribution in [2.45, 2.75) is 13.8 Å². The number of thiophene rings is 1. The van der Waals surface area contributed by atoms with Crippen molar-refractivity contribution in [3.63, 3.8) is 0 Å². The van der Waals surface area contributed by atoms with Gasteiger partial charge in [-0.2, -0.15) is 0 Å². The number of carboxylic acid groups (broad SMARTS) is 1. The lowest BCUT2D eigenvalue weighted by Gasteiger charge is -2.01. The molecular weight excluding hydrogens is 246 g/mol. The van der Waals surface area contributed by atoms with Crippen LogP contribution in [0.4, 0.5) is 0 Å². The first-order valence-corrected chi connectivity index (χ1v) is 6.17. The molecule has 0 aliphatic rings. The zero-order chi connectivity index (χ0) is 13.1. The summed E-state index contributed by atoms with van der Waals surface area (Å²) in [5.41, 5.74) is 3.03. The van der Waals surface area contributed by atoms with Crippen LogP contribution >= 0.6 is 11.3 Å². The van der Waals surface area contributed by atoms with Gasteiger partial charge in [-0.05, 0) is 49.6 Å². The van der Waals surface area contributed by atoms with Gasteiger partial charge in [-0.25, -0.2) is 4.79 Å². The van der Waals surface area contributed by atoms with Gasteiger partial charge < -0.3 is 5.11 Å². The lowest BCUT2D eigenvalue weighted by atomic mass is 10.1.